The lowest BCUT2D eigenvalue weighted by Gasteiger charge is -2.03. The van der Waals surface area contributed by atoms with Crippen molar-refractivity contribution in [3.05, 3.63) is 40.2 Å². The molecule has 1 aromatic heterocycles. The zero-order valence-corrected chi connectivity index (χ0v) is 7.56. The lowest BCUT2D eigenvalue weighted by Crippen LogP contribution is -2.12. The molecule has 5 heteroatoms. The fraction of sp³-hybridized carbons (Fsp3) is 0. The van der Waals surface area contributed by atoms with Crippen LogP contribution >= 0.6 is 0 Å². The first-order valence-corrected chi connectivity index (χ1v) is 4.15. The minimum absolute atomic E-state index is 0.00926. The van der Waals surface area contributed by atoms with Crippen LogP contribution in [-0.2, 0) is 0 Å². The first kappa shape index (κ1) is 9.26. The normalized spacial score (nSPS) is 10.4. The van der Waals surface area contributed by atoms with Crippen molar-refractivity contribution in [1.29, 1.82) is 0 Å². The Bertz CT molecular complexity index is 600. The maximum Gasteiger partial charge on any atom is 0.336 e. The lowest BCUT2D eigenvalue weighted by molar-refractivity contribution is 0.0998. The fourth-order valence-electron chi connectivity index (χ4n) is 1.36. The molecule has 15 heavy (non-hydrogen) atoms. The average Bonchev–Trinajstić information content (AvgIpc) is 2.16. The minimum atomic E-state index is -0.840. The Balaban J connectivity index is 2.97. The predicted molar refractivity (Wildman–Crippen MR) is 52.7 cm³/mol. The highest BCUT2D eigenvalue weighted by Gasteiger charge is 2.14. The molecule has 0 aliphatic heterocycles. The van der Waals surface area contributed by atoms with Crippen molar-refractivity contribution in [3.8, 4) is 5.75 Å². The molecule has 0 atom stereocenters. The van der Waals surface area contributed by atoms with E-state index in [0.29, 0.717) is 5.39 Å². The number of primary amides is 1. The summed E-state index contributed by atoms with van der Waals surface area (Å²) in [7, 11) is 0. The largest absolute Gasteiger partial charge is 0.507 e. The van der Waals surface area contributed by atoms with Gasteiger partial charge in [-0.3, -0.25) is 4.79 Å². The summed E-state index contributed by atoms with van der Waals surface area (Å²) in [5, 5.41) is 9.94. The summed E-state index contributed by atoms with van der Waals surface area (Å²) in [6, 6.07) is 5.57. The molecule has 0 bridgehead atoms. The summed E-state index contributed by atoms with van der Waals surface area (Å²) in [6.07, 6.45) is 0. The molecule has 2 aromatic rings. The van der Waals surface area contributed by atoms with Crippen molar-refractivity contribution in [2.24, 2.45) is 5.73 Å². The van der Waals surface area contributed by atoms with E-state index in [4.69, 9.17) is 10.2 Å². The first-order valence-electron chi connectivity index (χ1n) is 4.15. The third kappa shape index (κ3) is 1.43. The average molecular weight is 205 g/mol. The second kappa shape index (κ2) is 3.13. The topological polar surface area (TPSA) is 93.5 Å². The van der Waals surface area contributed by atoms with Crippen LogP contribution in [0.5, 0.6) is 5.75 Å². The molecule has 0 aliphatic carbocycles. The van der Waals surface area contributed by atoms with E-state index < -0.39 is 11.5 Å². The Morgan fingerprint density at radius 2 is 1.93 bits per heavy atom. The number of carbonyl (C=O) groups excluding carboxylic acids is 1. The summed E-state index contributed by atoms with van der Waals surface area (Å²) < 4.78 is 4.82. The Morgan fingerprint density at radius 1 is 1.27 bits per heavy atom. The number of aromatic hydroxyl groups is 1. The Kier molecular flexibility index (Phi) is 1.93. The number of fused-ring (bicyclic) bond motifs is 1. The van der Waals surface area contributed by atoms with Crippen LogP contribution < -0.4 is 11.4 Å². The van der Waals surface area contributed by atoms with Gasteiger partial charge in [0.2, 0.25) is 0 Å². The van der Waals surface area contributed by atoms with Crippen LogP contribution in [0, 0.1) is 0 Å². The molecule has 0 spiro atoms. The fourth-order valence-corrected chi connectivity index (χ4v) is 1.36. The van der Waals surface area contributed by atoms with Gasteiger partial charge in [-0.05, 0) is 18.2 Å². The van der Waals surface area contributed by atoms with E-state index in [1.807, 2.05) is 0 Å². The van der Waals surface area contributed by atoms with Crippen molar-refractivity contribution in [3.63, 3.8) is 0 Å². The first-order chi connectivity index (χ1) is 7.09. The second-order valence-electron chi connectivity index (χ2n) is 3.00. The van der Waals surface area contributed by atoms with Crippen LogP contribution in [0.15, 0.2) is 33.5 Å². The highest BCUT2D eigenvalue weighted by Crippen LogP contribution is 2.25. The van der Waals surface area contributed by atoms with E-state index in [2.05, 4.69) is 0 Å². The van der Waals surface area contributed by atoms with E-state index in [1.54, 1.807) is 0 Å². The van der Waals surface area contributed by atoms with Crippen LogP contribution in [0.2, 0.25) is 0 Å². The SMILES string of the molecule is NC(=O)c1c(O)ccc2ccc(=O)oc12. The molecule has 1 heterocycles. The zero-order valence-electron chi connectivity index (χ0n) is 7.56. The number of nitrogens with two attached hydrogens (primary N) is 1. The van der Waals surface area contributed by atoms with Crippen LogP contribution in [0.25, 0.3) is 11.0 Å². The van der Waals surface area contributed by atoms with E-state index in [-0.39, 0.29) is 16.9 Å². The molecular formula is C10H7NO4. The highest BCUT2D eigenvalue weighted by molar-refractivity contribution is 6.06. The number of amides is 1. The molecule has 0 fully saturated rings. The summed E-state index contributed by atoms with van der Waals surface area (Å²) in [5.74, 6) is -1.14. The van der Waals surface area contributed by atoms with E-state index >= 15 is 0 Å². The van der Waals surface area contributed by atoms with Gasteiger partial charge in [-0.25, -0.2) is 4.79 Å². The molecule has 0 aliphatic rings. The van der Waals surface area contributed by atoms with Gasteiger partial charge in [0.15, 0.2) is 5.58 Å². The van der Waals surface area contributed by atoms with Gasteiger partial charge in [0, 0.05) is 11.5 Å². The molecule has 0 saturated heterocycles. The van der Waals surface area contributed by atoms with Crippen molar-refractivity contribution in [2.45, 2.75) is 0 Å². The van der Waals surface area contributed by atoms with Crippen LogP contribution in [0.1, 0.15) is 10.4 Å². The number of phenols is 1. The second-order valence-corrected chi connectivity index (χ2v) is 3.00. The summed E-state index contributed by atoms with van der Waals surface area (Å²) in [5.41, 5.74) is 4.30. The van der Waals surface area contributed by atoms with Gasteiger partial charge in [0.05, 0.1) is 0 Å². The zero-order chi connectivity index (χ0) is 11.0. The Morgan fingerprint density at radius 3 is 2.60 bits per heavy atom. The van der Waals surface area contributed by atoms with Crippen LogP contribution in [0.4, 0.5) is 0 Å². The van der Waals surface area contributed by atoms with Gasteiger partial charge < -0.3 is 15.3 Å². The molecule has 5 nitrogen and oxygen atoms in total. The number of hydrogen-bond acceptors (Lipinski definition) is 4. The van der Waals surface area contributed by atoms with Crippen molar-refractivity contribution < 1.29 is 14.3 Å². The summed E-state index contributed by atoms with van der Waals surface area (Å²) in [4.78, 5) is 22.0. The Labute approximate surface area is 83.7 Å². The maximum absolute atomic E-state index is 11.0. The van der Waals surface area contributed by atoms with Gasteiger partial charge in [-0.2, -0.15) is 0 Å². The standard InChI is InChI=1S/C10H7NO4/c11-10(14)8-6(12)3-1-5-2-4-7(13)15-9(5)8/h1-4,12H,(H2,11,14). The minimum Gasteiger partial charge on any atom is -0.507 e. The van der Waals surface area contributed by atoms with Gasteiger partial charge in [-0.1, -0.05) is 0 Å². The molecule has 3 N–H and O–H groups in total. The molecule has 2 rings (SSSR count). The number of benzene rings is 1. The monoisotopic (exact) mass is 205 g/mol. The third-order valence-corrected chi connectivity index (χ3v) is 2.01. The van der Waals surface area contributed by atoms with Crippen LogP contribution in [-0.4, -0.2) is 11.0 Å². The maximum atomic E-state index is 11.0. The van der Waals surface area contributed by atoms with Gasteiger partial charge in [0.25, 0.3) is 5.91 Å². The van der Waals surface area contributed by atoms with E-state index in [9.17, 15) is 14.7 Å². The molecule has 0 radical (unpaired) electrons. The molecular weight excluding hydrogens is 198 g/mol. The van der Waals surface area contributed by atoms with Crippen LogP contribution in [0.3, 0.4) is 0 Å². The predicted octanol–water partition coefficient (Wildman–Crippen LogP) is 0.597. The molecule has 1 aromatic carbocycles. The summed E-state index contributed by atoms with van der Waals surface area (Å²) >= 11 is 0. The number of rotatable bonds is 1. The van der Waals surface area contributed by atoms with Crippen molar-refractivity contribution >= 4 is 16.9 Å². The molecule has 76 valence electrons. The van der Waals surface area contributed by atoms with Crippen molar-refractivity contribution in [1.82, 2.24) is 0 Å². The Hall–Kier alpha value is -2.30. The molecule has 0 saturated carbocycles. The summed E-state index contributed by atoms with van der Waals surface area (Å²) in [6.45, 7) is 0. The van der Waals surface area contributed by atoms with Gasteiger partial charge in [-0.15, -0.1) is 0 Å². The smallest absolute Gasteiger partial charge is 0.336 e. The quantitative estimate of drug-likeness (QED) is 0.666. The van der Waals surface area contributed by atoms with Gasteiger partial charge >= 0.3 is 5.63 Å². The molecule has 1 amide bonds. The van der Waals surface area contributed by atoms with E-state index in [0.717, 1.165) is 0 Å². The number of hydrogen-bond donors (Lipinski definition) is 2. The van der Waals surface area contributed by atoms with Gasteiger partial charge in [0.1, 0.15) is 11.3 Å². The number of carbonyl (C=O) groups is 1. The van der Waals surface area contributed by atoms with E-state index in [1.165, 1.54) is 24.3 Å². The highest BCUT2D eigenvalue weighted by atomic mass is 16.4. The third-order valence-electron chi connectivity index (χ3n) is 2.01. The van der Waals surface area contributed by atoms with Crippen molar-refractivity contribution in [2.75, 3.05) is 0 Å². The molecule has 0 unspecified atom stereocenters. The lowest BCUT2D eigenvalue weighted by atomic mass is 10.1.